The third kappa shape index (κ3) is 2.38. The molecule has 0 fully saturated rings. The quantitative estimate of drug-likeness (QED) is 0.839. The Morgan fingerprint density at radius 2 is 1.76 bits per heavy atom. The number of rotatable bonds is 4. The first-order chi connectivity index (χ1) is 7.75. The second-order valence-electron chi connectivity index (χ2n) is 3.32. The van der Waals surface area contributed by atoms with Crippen LogP contribution in [0.15, 0.2) is 0 Å². The normalized spacial score (nSPS) is 13.1. The van der Waals surface area contributed by atoms with Crippen molar-refractivity contribution in [3.8, 4) is 0 Å². The minimum atomic E-state index is -5.74. The highest BCUT2D eigenvalue weighted by molar-refractivity contribution is 5.05. The molecule has 0 bridgehead atoms. The molecule has 1 aromatic rings. The highest BCUT2D eigenvalue weighted by Crippen LogP contribution is 2.43. The second kappa shape index (κ2) is 4.55. The maximum Gasteiger partial charge on any atom is 0.461 e. The van der Waals surface area contributed by atoms with Crippen LogP contribution in [0.25, 0.3) is 0 Å². The Morgan fingerprint density at radius 1 is 1.18 bits per heavy atom. The Labute approximate surface area is 93.1 Å². The summed E-state index contributed by atoms with van der Waals surface area (Å²) < 4.78 is 63.2. The standard InChI is InChI=1S/C8H10F5N3O/c1-2-3-16-5(4-17)14-15-6(16)7(9,10)8(11,12)13/h17H,2-4H2,1H3. The molecule has 4 nitrogen and oxygen atoms in total. The molecule has 0 saturated heterocycles. The van der Waals surface area contributed by atoms with Crippen molar-refractivity contribution in [2.24, 2.45) is 0 Å². The van der Waals surface area contributed by atoms with Gasteiger partial charge in [-0.3, -0.25) is 0 Å². The molecule has 0 atom stereocenters. The Bertz CT molecular complexity index is 387. The van der Waals surface area contributed by atoms with Crippen LogP contribution in [0.1, 0.15) is 25.0 Å². The van der Waals surface area contributed by atoms with Gasteiger partial charge in [-0.1, -0.05) is 6.92 Å². The lowest BCUT2D eigenvalue weighted by molar-refractivity contribution is -0.293. The number of hydrogen-bond donors (Lipinski definition) is 1. The summed E-state index contributed by atoms with van der Waals surface area (Å²) in [6, 6.07) is 0. The summed E-state index contributed by atoms with van der Waals surface area (Å²) in [6.07, 6.45) is -5.43. The average Bonchev–Trinajstić information content (AvgIpc) is 2.60. The molecule has 0 spiro atoms. The van der Waals surface area contributed by atoms with E-state index in [0.717, 1.165) is 0 Å². The number of aromatic nitrogens is 3. The van der Waals surface area contributed by atoms with E-state index in [1.807, 2.05) is 0 Å². The number of nitrogens with zero attached hydrogens (tertiary/aromatic N) is 3. The zero-order valence-corrected chi connectivity index (χ0v) is 8.80. The predicted octanol–water partition coefficient (Wildman–Crippen LogP) is 1.83. The molecule has 98 valence electrons. The third-order valence-electron chi connectivity index (χ3n) is 2.05. The number of aliphatic hydroxyl groups is 1. The number of halogens is 5. The van der Waals surface area contributed by atoms with Crippen molar-refractivity contribution in [1.82, 2.24) is 14.8 Å². The first-order valence-corrected chi connectivity index (χ1v) is 4.73. The average molecular weight is 259 g/mol. The van der Waals surface area contributed by atoms with Gasteiger partial charge in [0, 0.05) is 6.54 Å². The van der Waals surface area contributed by atoms with E-state index in [1.165, 1.54) is 0 Å². The molecule has 1 heterocycles. The Kier molecular flexibility index (Phi) is 3.70. The fourth-order valence-electron chi connectivity index (χ4n) is 1.27. The van der Waals surface area contributed by atoms with Crippen LogP contribution in [0.4, 0.5) is 22.0 Å². The molecule has 1 N–H and O–H groups in total. The van der Waals surface area contributed by atoms with Crippen LogP contribution in [0, 0.1) is 0 Å². The second-order valence-corrected chi connectivity index (χ2v) is 3.32. The number of alkyl halides is 5. The van der Waals surface area contributed by atoms with Gasteiger partial charge in [-0.2, -0.15) is 22.0 Å². The van der Waals surface area contributed by atoms with E-state index in [1.54, 1.807) is 6.92 Å². The van der Waals surface area contributed by atoms with Gasteiger partial charge in [0.1, 0.15) is 6.61 Å². The van der Waals surface area contributed by atoms with Crippen LogP contribution in [0.5, 0.6) is 0 Å². The van der Waals surface area contributed by atoms with Crippen LogP contribution in [-0.4, -0.2) is 26.0 Å². The lowest BCUT2D eigenvalue weighted by atomic mass is 10.3. The highest BCUT2D eigenvalue weighted by Gasteiger charge is 2.62. The van der Waals surface area contributed by atoms with Gasteiger partial charge in [0.05, 0.1) is 0 Å². The number of hydrogen-bond acceptors (Lipinski definition) is 3. The maximum absolute atomic E-state index is 13.1. The van der Waals surface area contributed by atoms with Crippen molar-refractivity contribution < 1.29 is 27.1 Å². The van der Waals surface area contributed by atoms with Crippen LogP contribution in [0.2, 0.25) is 0 Å². The number of aliphatic hydroxyl groups excluding tert-OH is 1. The Hall–Kier alpha value is -1.25. The fraction of sp³-hybridized carbons (Fsp3) is 0.750. The third-order valence-corrected chi connectivity index (χ3v) is 2.05. The molecule has 0 aliphatic carbocycles. The molecule has 0 saturated carbocycles. The first-order valence-electron chi connectivity index (χ1n) is 4.73. The smallest absolute Gasteiger partial charge is 0.388 e. The highest BCUT2D eigenvalue weighted by atomic mass is 19.4. The van der Waals surface area contributed by atoms with E-state index < -0.39 is 24.5 Å². The summed E-state index contributed by atoms with van der Waals surface area (Å²) in [4.78, 5) is 0. The van der Waals surface area contributed by atoms with Crippen molar-refractivity contribution in [1.29, 1.82) is 0 Å². The molecular weight excluding hydrogens is 249 g/mol. The van der Waals surface area contributed by atoms with E-state index in [-0.39, 0.29) is 12.4 Å². The van der Waals surface area contributed by atoms with Crippen molar-refractivity contribution >= 4 is 0 Å². The van der Waals surface area contributed by atoms with E-state index in [0.29, 0.717) is 11.0 Å². The molecule has 0 radical (unpaired) electrons. The molecule has 0 unspecified atom stereocenters. The van der Waals surface area contributed by atoms with Crippen LogP contribution in [-0.2, 0) is 19.1 Å². The zero-order chi connectivity index (χ0) is 13.3. The lowest BCUT2D eigenvalue weighted by Gasteiger charge is -2.19. The molecule has 0 aromatic carbocycles. The molecule has 0 aliphatic heterocycles. The van der Waals surface area contributed by atoms with Gasteiger partial charge in [-0.15, -0.1) is 10.2 Å². The monoisotopic (exact) mass is 259 g/mol. The van der Waals surface area contributed by atoms with E-state index in [4.69, 9.17) is 5.11 Å². The minimum absolute atomic E-state index is 0.121. The first kappa shape index (κ1) is 13.8. The summed E-state index contributed by atoms with van der Waals surface area (Å²) in [5, 5.41) is 14.7. The van der Waals surface area contributed by atoms with Gasteiger partial charge in [-0.05, 0) is 6.42 Å². The summed E-state index contributed by atoms with van der Waals surface area (Å²) in [7, 11) is 0. The van der Waals surface area contributed by atoms with Crippen molar-refractivity contribution in [3.63, 3.8) is 0 Å². The van der Waals surface area contributed by atoms with Gasteiger partial charge >= 0.3 is 12.1 Å². The van der Waals surface area contributed by atoms with Crippen molar-refractivity contribution in [3.05, 3.63) is 11.6 Å². The van der Waals surface area contributed by atoms with Gasteiger partial charge in [0.2, 0.25) is 5.82 Å². The molecule has 17 heavy (non-hydrogen) atoms. The SMILES string of the molecule is CCCn1c(CO)nnc1C(F)(F)C(F)(F)F. The van der Waals surface area contributed by atoms with Gasteiger partial charge < -0.3 is 9.67 Å². The topological polar surface area (TPSA) is 50.9 Å². The minimum Gasteiger partial charge on any atom is -0.388 e. The molecule has 0 amide bonds. The Balaban J connectivity index is 3.26. The molecule has 0 aliphatic rings. The fourth-order valence-corrected chi connectivity index (χ4v) is 1.27. The van der Waals surface area contributed by atoms with Crippen molar-refractivity contribution in [2.45, 2.75) is 38.6 Å². The Morgan fingerprint density at radius 3 is 2.18 bits per heavy atom. The predicted molar refractivity (Wildman–Crippen MR) is 46.2 cm³/mol. The van der Waals surface area contributed by atoms with Crippen LogP contribution in [0.3, 0.4) is 0 Å². The summed E-state index contributed by atoms with van der Waals surface area (Å²) in [5.41, 5.74) is 0. The summed E-state index contributed by atoms with van der Waals surface area (Å²) in [6.45, 7) is 0.724. The van der Waals surface area contributed by atoms with Gasteiger partial charge in [0.15, 0.2) is 5.82 Å². The van der Waals surface area contributed by atoms with Crippen LogP contribution >= 0.6 is 0 Å². The van der Waals surface area contributed by atoms with Crippen molar-refractivity contribution in [2.75, 3.05) is 0 Å². The molecule has 9 heteroatoms. The van der Waals surface area contributed by atoms with Crippen LogP contribution < -0.4 is 0 Å². The van der Waals surface area contributed by atoms with Gasteiger partial charge in [0.25, 0.3) is 0 Å². The molecule has 1 rings (SSSR count). The molecular formula is C8H10F5N3O. The van der Waals surface area contributed by atoms with E-state index >= 15 is 0 Å². The van der Waals surface area contributed by atoms with E-state index in [2.05, 4.69) is 10.2 Å². The maximum atomic E-state index is 13.1. The lowest BCUT2D eigenvalue weighted by Crippen LogP contribution is -2.36. The van der Waals surface area contributed by atoms with Gasteiger partial charge in [-0.25, -0.2) is 0 Å². The summed E-state index contributed by atoms with van der Waals surface area (Å²) in [5.74, 6) is -6.88. The zero-order valence-electron chi connectivity index (χ0n) is 8.80. The van der Waals surface area contributed by atoms with E-state index in [9.17, 15) is 22.0 Å². The largest absolute Gasteiger partial charge is 0.461 e. The molecule has 1 aromatic heterocycles. The summed E-state index contributed by atoms with van der Waals surface area (Å²) >= 11 is 0.